The third kappa shape index (κ3) is 5.31. The number of carbonyl (C=O) groups is 1. The lowest BCUT2D eigenvalue weighted by molar-refractivity contribution is 0.133. The first kappa shape index (κ1) is 20.3. The highest BCUT2D eigenvalue weighted by Gasteiger charge is 2.20. The van der Waals surface area contributed by atoms with Gasteiger partial charge in [0.25, 0.3) is 5.56 Å². The van der Waals surface area contributed by atoms with Gasteiger partial charge in [-0.2, -0.15) is 0 Å². The van der Waals surface area contributed by atoms with Crippen LogP contribution in [-0.2, 0) is 11.3 Å². The molecule has 1 heterocycles. The maximum absolute atomic E-state index is 12.6. The SMILES string of the molecule is C=Cc1ccc2nc(C(CC(C)C)NC(=O)OCc3ccccc3)[nH]c(=O)c2c1. The van der Waals surface area contributed by atoms with Crippen LogP contribution in [0.25, 0.3) is 17.0 Å². The molecule has 3 aromatic rings. The quantitative estimate of drug-likeness (QED) is 0.617. The van der Waals surface area contributed by atoms with Gasteiger partial charge in [0.15, 0.2) is 0 Å². The van der Waals surface area contributed by atoms with Gasteiger partial charge in [0.2, 0.25) is 0 Å². The summed E-state index contributed by atoms with van der Waals surface area (Å²) in [6.07, 6.45) is 1.74. The molecule has 0 radical (unpaired) electrons. The summed E-state index contributed by atoms with van der Waals surface area (Å²) in [5, 5.41) is 3.33. The highest BCUT2D eigenvalue weighted by atomic mass is 16.5. The Kier molecular flexibility index (Phi) is 6.44. The summed E-state index contributed by atoms with van der Waals surface area (Å²) in [6, 6.07) is 14.4. The van der Waals surface area contributed by atoms with E-state index in [1.54, 1.807) is 18.2 Å². The van der Waals surface area contributed by atoms with Crippen molar-refractivity contribution in [3.8, 4) is 0 Å². The molecule has 3 rings (SSSR count). The summed E-state index contributed by atoms with van der Waals surface area (Å²) in [5.74, 6) is 0.692. The van der Waals surface area contributed by atoms with Crippen molar-refractivity contribution >= 4 is 23.1 Å². The van der Waals surface area contributed by atoms with Crippen LogP contribution >= 0.6 is 0 Å². The Labute approximate surface area is 169 Å². The monoisotopic (exact) mass is 391 g/mol. The number of nitrogens with one attached hydrogen (secondary N) is 2. The number of aromatic amines is 1. The zero-order chi connectivity index (χ0) is 20.8. The largest absolute Gasteiger partial charge is 0.445 e. The van der Waals surface area contributed by atoms with Gasteiger partial charge in [-0.3, -0.25) is 4.79 Å². The Bertz CT molecular complexity index is 1060. The molecule has 6 nitrogen and oxygen atoms in total. The Hall–Kier alpha value is -3.41. The van der Waals surface area contributed by atoms with Gasteiger partial charge in [0, 0.05) is 0 Å². The minimum atomic E-state index is -0.552. The fourth-order valence-electron chi connectivity index (χ4n) is 3.08. The van der Waals surface area contributed by atoms with Crippen LogP contribution in [0.3, 0.4) is 0 Å². The van der Waals surface area contributed by atoms with Crippen molar-refractivity contribution in [3.63, 3.8) is 0 Å². The van der Waals surface area contributed by atoms with Crippen molar-refractivity contribution in [1.29, 1.82) is 0 Å². The summed E-state index contributed by atoms with van der Waals surface area (Å²) in [7, 11) is 0. The molecule has 0 aliphatic rings. The van der Waals surface area contributed by atoms with Gasteiger partial charge in [0.1, 0.15) is 12.4 Å². The van der Waals surface area contributed by atoms with Crippen LogP contribution in [0.2, 0.25) is 0 Å². The second-order valence-electron chi connectivity index (χ2n) is 7.32. The Morgan fingerprint density at radius 3 is 2.69 bits per heavy atom. The standard InChI is InChI=1S/C23H25N3O3/c1-4-16-10-11-19-18(13-16)22(27)26-21(24-19)20(12-15(2)3)25-23(28)29-14-17-8-6-5-7-9-17/h4-11,13,15,20H,1,12,14H2,2-3H3,(H,25,28)(H,24,26,27). The van der Waals surface area contributed by atoms with E-state index in [0.717, 1.165) is 11.1 Å². The van der Waals surface area contributed by atoms with E-state index in [-0.39, 0.29) is 18.1 Å². The van der Waals surface area contributed by atoms with Crippen molar-refractivity contribution in [2.45, 2.75) is 32.9 Å². The third-order valence-corrected chi connectivity index (χ3v) is 4.53. The van der Waals surface area contributed by atoms with Crippen LogP contribution in [0.4, 0.5) is 4.79 Å². The Balaban J connectivity index is 1.81. The smallest absolute Gasteiger partial charge is 0.408 e. The van der Waals surface area contributed by atoms with Crippen LogP contribution in [0.15, 0.2) is 59.9 Å². The number of carbonyl (C=O) groups excluding carboxylic acids is 1. The number of rotatable bonds is 7. The summed E-state index contributed by atoms with van der Waals surface area (Å²) < 4.78 is 5.33. The first-order chi connectivity index (χ1) is 14.0. The molecule has 1 unspecified atom stereocenters. The molecular formula is C23H25N3O3. The van der Waals surface area contributed by atoms with E-state index in [4.69, 9.17) is 4.74 Å². The first-order valence-electron chi connectivity index (χ1n) is 9.60. The highest BCUT2D eigenvalue weighted by molar-refractivity contribution is 5.80. The lowest BCUT2D eigenvalue weighted by atomic mass is 10.0. The number of ether oxygens (including phenoxy) is 1. The summed E-state index contributed by atoms with van der Waals surface area (Å²) in [5.41, 5.74) is 2.07. The average Bonchev–Trinajstić information content (AvgIpc) is 2.72. The maximum atomic E-state index is 12.6. The van der Waals surface area contributed by atoms with E-state index < -0.39 is 12.1 Å². The molecule has 0 saturated carbocycles. The number of aromatic nitrogens is 2. The number of hydrogen-bond acceptors (Lipinski definition) is 4. The maximum Gasteiger partial charge on any atom is 0.408 e. The minimum Gasteiger partial charge on any atom is -0.445 e. The average molecular weight is 391 g/mol. The lowest BCUT2D eigenvalue weighted by Gasteiger charge is -2.20. The van der Waals surface area contributed by atoms with Crippen LogP contribution < -0.4 is 10.9 Å². The molecule has 0 saturated heterocycles. The van der Waals surface area contributed by atoms with Crippen LogP contribution in [-0.4, -0.2) is 16.1 Å². The molecule has 1 aromatic heterocycles. The lowest BCUT2D eigenvalue weighted by Crippen LogP contribution is -2.32. The number of H-pyrrole nitrogens is 1. The van der Waals surface area contributed by atoms with Crippen LogP contribution in [0, 0.1) is 5.92 Å². The number of amides is 1. The first-order valence-corrected chi connectivity index (χ1v) is 9.60. The fraction of sp³-hybridized carbons (Fsp3) is 0.261. The number of hydrogen-bond donors (Lipinski definition) is 2. The summed E-state index contributed by atoms with van der Waals surface area (Å²) >= 11 is 0. The number of fused-ring (bicyclic) bond motifs is 1. The van der Waals surface area contributed by atoms with Gasteiger partial charge in [-0.25, -0.2) is 9.78 Å². The molecule has 0 aliphatic heterocycles. The zero-order valence-corrected chi connectivity index (χ0v) is 16.6. The predicted octanol–water partition coefficient (Wildman–Crippen LogP) is 4.58. The van der Waals surface area contributed by atoms with Crippen LogP contribution in [0.5, 0.6) is 0 Å². The van der Waals surface area contributed by atoms with Crippen molar-refractivity contribution in [1.82, 2.24) is 15.3 Å². The van der Waals surface area contributed by atoms with Crippen molar-refractivity contribution in [3.05, 3.63) is 82.4 Å². The second-order valence-corrected chi connectivity index (χ2v) is 7.32. The number of benzene rings is 2. The highest BCUT2D eigenvalue weighted by Crippen LogP contribution is 2.20. The van der Waals surface area contributed by atoms with Crippen molar-refractivity contribution in [2.75, 3.05) is 0 Å². The van der Waals surface area contributed by atoms with Gasteiger partial charge in [-0.05, 0) is 35.6 Å². The molecule has 2 aromatic carbocycles. The molecule has 0 fully saturated rings. The molecule has 1 amide bonds. The summed E-state index contributed by atoms with van der Waals surface area (Å²) in [6.45, 7) is 7.98. The normalized spacial score (nSPS) is 12.0. The van der Waals surface area contributed by atoms with E-state index in [9.17, 15) is 9.59 Å². The minimum absolute atomic E-state index is 0.174. The zero-order valence-electron chi connectivity index (χ0n) is 16.6. The van der Waals surface area contributed by atoms with E-state index >= 15 is 0 Å². The molecule has 6 heteroatoms. The summed E-state index contributed by atoms with van der Waals surface area (Å²) in [4.78, 5) is 32.3. The van der Waals surface area contributed by atoms with Gasteiger partial charge in [0.05, 0.1) is 16.9 Å². The Morgan fingerprint density at radius 2 is 2.00 bits per heavy atom. The Morgan fingerprint density at radius 1 is 1.24 bits per heavy atom. The van der Waals surface area contributed by atoms with Gasteiger partial charge >= 0.3 is 6.09 Å². The molecule has 29 heavy (non-hydrogen) atoms. The molecule has 0 spiro atoms. The molecule has 0 bridgehead atoms. The van der Waals surface area contributed by atoms with Gasteiger partial charge in [-0.1, -0.05) is 62.9 Å². The van der Waals surface area contributed by atoms with Gasteiger partial charge < -0.3 is 15.0 Å². The van der Waals surface area contributed by atoms with E-state index in [2.05, 4.69) is 21.9 Å². The van der Waals surface area contributed by atoms with E-state index in [1.165, 1.54) is 0 Å². The van der Waals surface area contributed by atoms with Crippen molar-refractivity contribution < 1.29 is 9.53 Å². The van der Waals surface area contributed by atoms with Crippen LogP contribution in [0.1, 0.15) is 43.3 Å². The molecule has 150 valence electrons. The van der Waals surface area contributed by atoms with Gasteiger partial charge in [-0.15, -0.1) is 0 Å². The number of nitrogens with zero attached hydrogens (tertiary/aromatic N) is 1. The molecule has 2 N–H and O–H groups in total. The van der Waals surface area contributed by atoms with E-state index in [0.29, 0.717) is 23.1 Å². The van der Waals surface area contributed by atoms with Crippen molar-refractivity contribution in [2.24, 2.45) is 5.92 Å². The predicted molar refractivity (Wildman–Crippen MR) is 114 cm³/mol. The third-order valence-electron chi connectivity index (χ3n) is 4.53. The number of alkyl carbamates (subject to hydrolysis) is 1. The van der Waals surface area contributed by atoms with E-state index in [1.807, 2.05) is 50.2 Å². The topological polar surface area (TPSA) is 84.1 Å². The molecule has 1 atom stereocenters. The molecular weight excluding hydrogens is 366 g/mol. The molecule has 0 aliphatic carbocycles. The second kappa shape index (κ2) is 9.19. The fourth-order valence-corrected chi connectivity index (χ4v) is 3.08.